The van der Waals surface area contributed by atoms with Gasteiger partial charge in [-0.25, -0.2) is 0 Å². The Morgan fingerprint density at radius 1 is 0.957 bits per heavy atom. The molecule has 0 radical (unpaired) electrons. The Labute approximate surface area is 145 Å². The Hall–Kier alpha value is -2.19. The van der Waals surface area contributed by atoms with Gasteiger partial charge in [-0.3, -0.25) is 14.4 Å². The van der Waals surface area contributed by atoms with E-state index in [1.165, 1.54) is 11.3 Å². The Kier molecular flexibility index (Phi) is 6.30. The molecule has 0 atom stereocenters. The smallest absolute Gasteiger partial charge is 0.261 e. The first-order valence-electron chi connectivity index (χ1n) is 6.68. The number of carbonyl (C=O) groups is 3. The van der Waals surface area contributed by atoms with Crippen molar-refractivity contribution in [3.8, 4) is 0 Å². The van der Waals surface area contributed by atoms with Gasteiger partial charge in [-0.05, 0) is 35.7 Å². The van der Waals surface area contributed by atoms with Crippen LogP contribution < -0.4 is 16.0 Å². The quantitative estimate of drug-likeness (QED) is 0.698. The van der Waals surface area contributed by atoms with Gasteiger partial charge in [0.2, 0.25) is 11.8 Å². The van der Waals surface area contributed by atoms with Crippen LogP contribution in [0.25, 0.3) is 0 Å². The van der Waals surface area contributed by atoms with Gasteiger partial charge < -0.3 is 16.0 Å². The Bertz CT molecular complexity index is 687. The molecule has 23 heavy (non-hydrogen) atoms. The summed E-state index contributed by atoms with van der Waals surface area (Å²) in [6.45, 7) is -0.341. The van der Waals surface area contributed by atoms with E-state index in [1.54, 1.807) is 41.8 Å². The summed E-state index contributed by atoms with van der Waals surface area (Å²) >= 11 is 4.59. The third-order valence-corrected chi connectivity index (χ3v) is 4.13. The van der Waals surface area contributed by atoms with Crippen molar-refractivity contribution in [1.82, 2.24) is 10.6 Å². The van der Waals surface area contributed by atoms with Gasteiger partial charge in [-0.15, -0.1) is 11.3 Å². The minimum atomic E-state index is -0.430. The highest BCUT2D eigenvalue weighted by molar-refractivity contribution is 9.10. The number of nitrogens with one attached hydrogen (secondary N) is 3. The van der Waals surface area contributed by atoms with Crippen molar-refractivity contribution in [2.75, 3.05) is 18.4 Å². The molecular weight excluding hydrogens is 382 g/mol. The van der Waals surface area contributed by atoms with E-state index in [1.807, 2.05) is 0 Å². The summed E-state index contributed by atoms with van der Waals surface area (Å²) in [6, 6.07) is 10.5. The highest BCUT2D eigenvalue weighted by atomic mass is 79.9. The molecule has 0 bridgehead atoms. The fourth-order valence-electron chi connectivity index (χ4n) is 1.64. The lowest BCUT2D eigenvalue weighted by atomic mass is 10.3. The fourth-order valence-corrected chi connectivity index (χ4v) is 2.54. The van der Waals surface area contributed by atoms with Crippen molar-refractivity contribution in [1.29, 1.82) is 0 Å². The predicted molar refractivity (Wildman–Crippen MR) is 92.4 cm³/mol. The monoisotopic (exact) mass is 395 g/mol. The second-order valence-electron chi connectivity index (χ2n) is 4.49. The standard InChI is InChI=1S/C15H14BrN3O3S/c16-10-3-5-11(6-4-10)19-14(21)9-17-13(20)8-18-15(22)12-2-1-7-23-12/h1-7H,8-9H2,(H,17,20)(H,18,22)(H,19,21). The molecule has 3 N–H and O–H groups in total. The minimum Gasteiger partial charge on any atom is -0.345 e. The molecule has 0 spiro atoms. The minimum absolute atomic E-state index is 0.163. The summed E-state index contributed by atoms with van der Waals surface area (Å²) in [5, 5.41) is 9.36. The summed E-state index contributed by atoms with van der Waals surface area (Å²) < 4.78 is 0.908. The van der Waals surface area contributed by atoms with Gasteiger partial charge in [0.25, 0.3) is 5.91 Å². The van der Waals surface area contributed by atoms with Gasteiger partial charge in [-0.2, -0.15) is 0 Å². The molecule has 2 aromatic rings. The fraction of sp³-hybridized carbons (Fsp3) is 0.133. The van der Waals surface area contributed by atoms with Crippen molar-refractivity contribution in [3.05, 3.63) is 51.1 Å². The van der Waals surface area contributed by atoms with Gasteiger partial charge >= 0.3 is 0 Å². The predicted octanol–water partition coefficient (Wildman–Crippen LogP) is 2.00. The van der Waals surface area contributed by atoms with Crippen LogP contribution in [0.15, 0.2) is 46.3 Å². The molecule has 0 fully saturated rings. The van der Waals surface area contributed by atoms with Crippen LogP contribution in [0.5, 0.6) is 0 Å². The zero-order valence-electron chi connectivity index (χ0n) is 12.0. The largest absolute Gasteiger partial charge is 0.345 e. The molecule has 120 valence electrons. The molecule has 3 amide bonds. The van der Waals surface area contributed by atoms with Crippen molar-refractivity contribution < 1.29 is 14.4 Å². The normalized spacial score (nSPS) is 9.96. The molecule has 6 nitrogen and oxygen atoms in total. The molecule has 0 saturated heterocycles. The van der Waals surface area contributed by atoms with Crippen LogP contribution in [0.4, 0.5) is 5.69 Å². The van der Waals surface area contributed by atoms with E-state index in [0.717, 1.165) is 4.47 Å². The molecular formula is C15H14BrN3O3S. The average molecular weight is 396 g/mol. The number of hydrogen-bond acceptors (Lipinski definition) is 4. The van der Waals surface area contributed by atoms with E-state index in [9.17, 15) is 14.4 Å². The molecule has 2 rings (SSSR count). The highest BCUT2D eigenvalue weighted by Gasteiger charge is 2.10. The van der Waals surface area contributed by atoms with Crippen molar-refractivity contribution >= 4 is 50.7 Å². The van der Waals surface area contributed by atoms with E-state index < -0.39 is 5.91 Å². The maximum Gasteiger partial charge on any atom is 0.261 e. The number of hydrogen-bond donors (Lipinski definition) is 3. The number of amides is 3. The van der Waals surface area contributed by atoms with Crippen LogP contribution in [-0.2, 0) is 9.59 Å². The molecule has 0 aliphatic carbocycles. The Morgan fingerprint density at radius 3 is 2.30 bits per heavy atom. The third kappa shape index (κ3) is 5.84. The van der Waals surface area contributed by atoms with Gasteiger partial charge in [0.1, 0.15) is 0 Å². The Morgan fingerprint density at radius 2 is 1.65 bits per heavy atom. The van der Waals surface area contributed by atoms with Crippen LogP contribution in [0.3, 0.4) is 0 Å². The van der Waals surface area contributed by atoms with Gasteiger partial charge in [0.15, 0.2) is 0 Å². The molecule has 0 unspecified atom stereocenters. The molecule has 1 heterocycles. The van der Waals surface area contributed by atoms with Crippen LogP contribution in [0.1, 0.15) is 9.67 Å². The first-order valence-corrected chi connectivity index (χ1v) is 8.35. The third-order valence-electron chi connectivity index (χ3n) is 2.73. The summed E-state index contributed by atoms with van der Waals surface area (Å²) in [4.78, 5) is 35.5. The second kappa shape index (κ2) is 8.44. The number of carbonyl (C=O) groups excluding carboxylic acids is 3. The zero-order chi connectivity index (χ0) is 16.7. The summed E-state index contributed by atoms with van der Waals surface area (Å²) in [5.74, 6) is -1.08. The second-order valence-corrected chi connectivity index (χ2v) is 6.36. The molecule has 8 heteroatoms. The van der Waals surface area contributed by atoms with Gasteiger partial charge in [0, 0.05) is 10.2 Å². The van der Waals surface area contributed by atoms with Crippen molar-refractivity contribution in [2.24, 2.45) is 0 Å². The summed E-state index contributed by atoms with van der Waals surface area (Å²) in [6.07, 6.45) is 0. The lowest BCUT2D eigenvalue weighted by Gasteiger charge is -2.07. The summed E-state index contributed by atoms with van der Waals surface area (Å²) in [5.41, 5.74) is 0.637. The highest BCUT2D eigenvalue weighted by Crippen LogP contribution is 2.13. The summed E-state index contributed by atoms with van der Waals surface area (Å²) in [7, 11) is 0. The van der Waals surface area contributed by atoms with Crippen LogP contribution >= 0.6 is 27.3 Å². The van der Waals surface area contributed by atoms with E-state index >= 15 is 0 Å². The first-order chi connectivity index (χ1) is 11.0. The van der Waals surface area contributed by atoms with Gasteiger partial charge in [0.05, 0.1) is 18.0 Å². The number of halogens is 1. The topological polar surface area (TPSA) is 87.3 Å². The molecule has 0 aliphatic heterocycles. The van der Waals surface area contributed by atoms with E-state index in [0.29, 0.717) is 10.6 Å². The number of benzene rings is 1. The van der Waals surface area contributed by atoms with Crippen molar-refractivity contribution in [3.63, 3.8) is 0 Å². The van der Waals surface area contributed by atoms with E-state index in [4.69, 9.17) is 0 Å². The maximum absolute atomic E-state index is 11.7. The average Bonchev–Trinajstić information content (AvgIpc) is 3.07. The van der Waals surface area contributed by atoms with Crippen molar-refractivity contribution in [2.45, 2.75) is 0 Å². The Balaban J connectivity index is 1.68. The van der Waals surface area contributed by atoms with Crippen LogP contribution in [0, 0.1) is 0 Å². The lowest BCUT2D eigenvalue weighted by molar-refractivity contribution is -0.123. The SMILES string of the molecule is O=C(CNC(=O)c1cccs1)NCC(=O)Nc1ccc(Br)cc1. The number of thiophene rings is 1. The molecule has 1 aromatic heterocycles. The number of rotatable bonds is 6. The lowest BCUT2D eigenvalue weighted by Crippen LogP contribution is -2.40. The van der Waals surface area contributed by atoms with Crippen LogP contribution in [0.2, 0.25) is 0 Å². The maximum atomic E-state index is 11.7. The molecule has 1 aromatic carbocycles. The van der Waals surface area contributed by atoms with E-state index in [2.05, 4.69) is 31.9 Å². The zero-order valence-corrected chi connectivity index (χ0v) is 14.4. The van der Waals surface area contributed by atoms with Gasteiger partial charge in [-0.1, -0.05) is 22.0 Å². The van der Waals surface area contributed by atoms with Crippen LogP contribution in [-0.4, -0.2) is 30.8 Å². The molecule has 0 aliphatic rings. The molecule has 0 saturated carbocycles. The number of anilines is 1. The first kappa shape index (κ1) is 17.2. The van der Waals surface area contributed by atoms with E-state index in [-0.39, 0.29) is 24.9 Å².